The normalized spacial score (nSPS) is 13.1. The largest absolute Gasteiger partial charge is 0.377 e. The maximum absolute atomic E-state index is 11.7. The number of aromatic nitrogens is 1. The van der Waals surface area contributed by atoms with Crippen LogP contribution in [0.5, 0.6) is 0 Å². The number of nitrogens with zero attached hydrogens (tertiary/aromatic N) is 1. The molecule has 1 unspecified atom stereocenters. The standard InChI is InChI=1S/C16H21N3O2/c1-10(16(2,3)4)19-13-12(14(20)15(13)21)18-9-11-5-7-17-8-6-11/h5-8,10,18-19H,9H2,1-4H3. The van der Waals surface area contributed by atoms with E-state index in [-0.39, 0.29) is 11.5 Å². The molecule has 0 aliphatic carbocycles. The Balaban J connectivity index is 2.10. The minimum atomic E-state index is -0.451. The molecule has 2 aromatic rings. The fourth-order valence-corrected chi connectivity index (χ4v) is 1.82. The Bertz CT molecular complexity index is 680. The van der Waals surface area contributed by atoms with Crippen molar-refractivity contribution in [3.05, 3.63) is 50.5 Å². The van der Waals surface area contributed by atoms with E-state index < -0.39 is 10.9 Å². The van der Waals surface area contributed by atoms with Crippen LogP contribution in [0.1, 0.15) is 33.3 Å². The third-order valence-electron chi connectivity index (χ3n) is 3.79. The summed E-state index contributed by atoms with van der Waals surface area (Å²) < 4.78 is 0. The molecule has 1 aromatic carbocycles. The second kappa shape index (κ2) is 5.68. The first-order chi connectivity index (χ1) is 9.80. The van der Waals surface area contributed by atoms with E-state index in [4.69, 9.17) is 0 Å². The Hall–Kier alpha value is -2.17. The van der Waals surface area contributed by atoms with Gasteiger partial charge in [0.15, 0.2) is 0 Å². The zero-order chi connectivity index (χ0) is 15.6. The average Bonchev–Trinajstić information content (AvgIpc) is 2.45. The van der Waals surface area contributed by atoms with Crippen molar-refractivity contribution in [3.8, 4) is 0 Å². The van der Waals surface area contributed by atoms with Crippen LogP contribution in [-0.4, -0.2) is 11.0 Å². The van der Waals surface area contributed by atoms with Crippen molar-refractivity contribution >= 4 is 11.4 Å². The monoisotopic (exact) mass is 287 g/mol. The van der Waals surface area contributed by atoms with Crippen molar-refractivity contribution in [3.63, 3.8) is 0 Å². The fourth-order valence-electron chi connectivity index (χ4n) is 1.82. The number of anilines is 2. The quantitative estimate of drug-likeness (QED) is 0.824. The summed E-state index contributed by atoms with van der Waals surface area (Å²) in [5.74, 6) is 0. The van der Waals surface area contributed by atoms with Gasteiger partial charge < -0.3 is 10.6 Å². The minimum absolute atomic E-state index is 0.00211. The van der Waals surface area contributed by atoms with Crippen molar-refractivity contribution < 1.29 is 0 Å². The zero-order valence-corrected chi connectivity index (χ0v) is 12.9. The molecule has 1 atom stereocenters. The smallest absolute Gasteiger partial charge is 0.253 e. The van der Waals surface area contributed by atoms with Gasteiger partial charge in [0.2, 0.25) is 0 Å². The first kappa shape index (κ1) is 15.2. The summed E-state index contributed by atoms with van der Waals surface area (Å²) in [5.41, 5.74) is 0.899. The predicted octanol–water partition coefficient (Wildman–Crippen LogP) is 2.14. The van der Waals surface area contributed by atoms with E-state index in [1.807, 2.05) is 19.1 Å². The lowest BCUT2D eigenvalue weighted by Crippen LogP contribution is -2.41. The first-order valence-corrected chi connectivity index (χ1v) is 7.03. The van der Waals surface area contributed by atoms with Crippen LogP contribution in [0.15, 0.2) is 34.1 Å². The molecule has 112 valence electrons. The Morgan fingerprint density at radius 1 is 1.10 bits per heavy atom. The van der Waals surface area contributed by atoms with Crippen molar-refractivity contribution in [1.82, 2.24) is 4.98 Å². The summed E-state index contributed by atoms with van der Waals surface area (Å²) in [6, 6.07) is 3.81. The van der Waals surface area contributed by atoms with Crippen LogP contribution in [0, 0.1) is 5.41 Å². The summed E-state index contributed by atoms with van der Waals surface area (Å²) in [4.78, 5) is 27.4. The second-order valence-corrected chi connectivity index (χ2v) is 6.35. The molecule has 5 heteroatoms. The predicted molar refractivity (Wildman–Crippen MR) is 85.5 cm³/mol. The van der Waals surface area contributed by atoms with E-state index in [2.05, 4.69) is 36.4 Å². The molecule has 0 saturated heterocycles. The van der Waals surface area contributed by atoms with Gasteiger partial charge in [-0.05, 0) is 30.0 Å². The molecule has 0 aliphatic rings. The SMILES string of the molecule is CC(Nc1c(NCc2ccncc2)c(=O)c1=O)C(C)(C)C. The molecule has 0 fully saturated rings. The van der Waals surface area contributed by atoms with Crippen LogP contribution >= 0.6 is 0 Å². The Labute approximate surface area is 124 Å². The molecule has 0 spiro atoms. The molecule has 1 aromatic heterocycles. The van der Waals surface area contributed by atoms with Crippen LogP contribution in [-0.2, 0) is 6.54 Å². The summed E-state index contributed by atoms with van der Waals surface area (Å²) in [6.45, 7) is 8.75. The zero-order valence-electron chi connectivity index (χ0n) is 12.9. The lowest BCUT2D eigenvalue weighted by Gasteiger charge is -2.30. The maximum Gasteiger partial charge on any atom is 0.253 e. The Morgan fingerprint density at radius 2 is 1.67 bits per heavy atom. The highest BCUT2D eigenvalue weighted by Crippen LogP contribution is 2.24. The number of nitrogens with one attached hydrogen (secondary N) is 2. The molecule has 1 heterocycles. The van der Waals surface area contributed by atoms with Crippen molar-refractivity contribution in [2.45, 2.75) is 40.3 Å². The van der Waals surface area contributed by atoms with Gasteiger partial charge in [-0.1, -0.05) is 20.8 Å². The van der Waals surface area contributed by atoms with Gasteiger partial charge in [0.25, 0.3) is 10.9 Å². The van der Waals surface area contributed by atoms with Gasteiger partial charge in [0.05, 0.1) is 0 Å². The lowest BCUT2D eigenvalue weighted by atomic mass is 9.87. The van der Waals surface area contributed by atoms with Crippen LogP contribution in [0.4, 0.5) is 11.4 Å². The molecule has 0 bridgehead atoms. The lowest BCUT2D eigenvalue weighted by molar-refractivity contribution is 0.359. The number of hydrogen-bond donors (Lipinski definition) is 2. The third-order valence-corrected chi connectivity index (χ3v) is 3.79. The van der Waals surface area contributed by atoms with E-state index >= 15 is 0 Å². The molecule has 0 radical (unpaired) electrons. The van der Waals surface area contributed by atoms with Crippen molar-refractivity contribution in [2.24, 2.45) is 5.41 Å². The summed E-state index contributed by atoms with van der Waals surface area (Å²) >= 11 is 0. The second-order valence-electron chi connectivity index (χ2n) is 6.35. The topological polar surface area (TPSA) is 71.1 Å². The Kier molecular flexibility index (Phi) is 4.11. The van der Waals surface area contributed by atoms with Gasteiger partial charge in [-0.3, -0.25) is 14.6 Å². The molecule has 21 heavy (non-hydrogen) atoms. The van der Waals surface area contributed by atoms with Crippen LogP contribution in [0.25, 0.3) is 0 Å². The van der Waals surface area contributed by atoms with Crippen molar-refractivity contribution in [2.75, 3.05) is 10.6 Å². The van der Waals surface area contributed by atoms with Crippen molar-refractivity contribution in [1.29, 1.82) is 0 Å². The Morgan fingerprint density at radius 3 is 2.24 bits per heavy atom. The third kappa shape index (κ3) is 3.29. The van der Waals surface area contributed by atoms with Crippen LogP contribution < -0.4 is 21.5 Å². The summed E-state index contributed by atoms with van der Waals surface area (Å²) in [7, 11) is 0. The molecule has 0 saturated carbocycles. The number of hydrogen-bond acceptors (Lipinski definition) is 5. The first-order valence-electron chi connectivity index (χ1n) is 7.03. The van der Waals surface area contributed by atoms with Crippen LogP contribution in [0.2, 0.25) is 0 Å². The molecule has 2 N–H and O–H groups in total. The van der Waals surface area contributed by atoms with Gasteiger partial charge >= 0.3 is 0 Å². The van der Waals surface area contributed by atoms with E-state index in [1.54, 1.807) is 12.4 Å². The van der Waals surface area contributed by atoms with Gasteiger partial charge in [-0.15, -0.1) is 0 Å². The summed E-state index contributed by atoms with van der Waals surface area (Å²) in [5, 5.41) is 6.20. The average molecular weight is 287 g/mol. The van der Waals surface area contributed by atoms with E-state index in [9.17, 15) is 9.59 Å². The van der Waals surface area contributed by atoms with Gasteiger partial charge in [-0.25, -0.2) is 0 Å². The van der Waals surface area contributed by atoms with Gasteiger partial charge in [0.1, 0.15) is 11.4 Å². The highest BCUT2D eigenvalue weighted by atomic mass is 16.2. The number of pyridine rings is 1. The van der Waals surface area contributed by atoms with Crippen LogP contribution in [0.3, 0.4) is 0 Å². The van der Waals surface area contributed by atoms with Gasteiger partial charge in [0, 0.05) is 25.0 Å². The van der Waals surface area contributed by atoms with E-state index in [0.29, 0.717) is 17.9 Å². The molecule has 5 nitrogen and oxygen atoms in total. The highest BCUT2D eigenvalue weighted by molar-refractivity contribution is 5.74. The minimum Gasteiger partial charge on any atom is -0.377 e. The van der Waals surface area contributed by atoms with Gasteiger partial charge in [-0.2, -0.15) is 0 Å². The molecular weight excluding hydrogens is 266 g/mol. The molecule has 0 aliphatic heterocycles. The highest BCUT2D eigenvalue weighted by Gasteiger charge is 2.26. The number of rotatable bonds is 5. The molecule has 0 amide bonds. The molecular formula is C16H21N3O2. The summed E-state index contributed by atoms with van der Waals surface area (Å²) in [6.07, 6.45) is 3.39. The van der Waals surface area contributed by atoms with E-state index in [1.165, 1.54) is 0 Å². The fraction of sp³-hybridized carbons (Fsp3) is 0.438. The molecule has 2 rings (SSSR count). The van der Waals surface area contributed by atoms with E-state index in [0.717, 1.165) is 5.56 Å². The maximum atomic E-state index is 11.7.